The molecule has 14 heavy (non-hydrogen) atoms. The summed E-state index contributed by atoms with van der Waals surface area (Å²) >= 11 is 0. The third-order valence-corrected chi connectivity index (χ3v) is 2.90. The predicted octanol–water partition coefficient (Wildman–Crippen LogP) is 1.87. The zero-order chi connectivity index (χ0) is 10.4. The molecule has 0 saturated carbocycles. The Kier molecular flexibility index (Phi) is 1.87. The second-order valence-corrected chi connectivity index (χ2v) is 3.68. The lowest BCUT2D eigenvalue weighted by Gasteiger charge is -2.42. The van der Waals surface area contributed by atoms with Crippen molar-refractivity contribution in [1.82, 2.24) is 4.90 Å². The number of alkyl halides is 3. The minimum absolute atomic E-state index is 0.00125. The standard InChI is InChI=1S/C9H10F3NO/c10-9(11,12)8-4-1-3-7(14)13(8)6-2-5-8/h2,5H,1,3-4,6H2. The Morgan fingerprint density at radius 2 is 2.14 bits per heavy atom. The molecule has 0 radical (unpaired) electrons. The molecular weight excluding hydrogens is 195 g/mol. The zero-order valence-corrected chi connectivity index (χ0v) is 7.47. The van der Waals surface area contributed by atoms with E-state index in [1.807, 2.05) is 0 Å². The highest BCUT2D eigenvalue weighted by Gasteiger charge is 2.60. The average molecular weight is 205 g/mol. The minimum atomic E-state index is -4.35. The van der Waals surface area contributed by atoms with Crippen LogP contribution in [0.25, 0.3) is 0 Å². The molecule has 1 atom stereocenters. The fourth-order valence-corrected chi connectivity index (χ4v) is 2.18. The van der Waals surface area contributed by atoms with Gasteiger partial charge in [-0.25, -0.2) is 0 Å². The number of nitrogens with zero attached hydrogens (tertiary/aromatic N) is 1. The van der Waals surface area contributed by atoms with E-state index in [-0.39, 0.29) is 19.4 Å². The van der Waals surface area contributed by atoms with E-state index in [4.69, 9.17) is 0 Å². The Hall–Kier alpha value is -1.00. The molecule has 0 aromatic carbocycles. The van der Waals surface area contributed by atoms with Crippen molar-refractivity contribution in [2.45, 2.75) is 31.0 Å². The Labute approximate surface area is 79.4 Å². The van der Waals surface area contributed by atoms with Gasteiger partial charge >= 0.3 is 6.18 Å². The molecule has 2 aliphatic heterocycles. The highest BCUT2D eigenvalue weighted by molar-refractivity contribution is 5.79. The van der Waals surface area contributed by atoms with Crippen LogP contribution in [0.15, 0.2) is 12.2 Å². The number of hydrogen-bond acceptors (Lipinski definition) is 1. The van der Waals surface area contributed by atoms with Crippen LogP contribution in [-0.2, 0) is 4.79 Å². The number of fused-ring (bicyclic) bond motifs is 1. The fourth-order valence-electron chi connectivity index (χ4n) is 2.18. The van der Waals surface area contributed by atoms with Crippen LogP contribution in [0.4, 0.5) is 13.2 Å². The van der Waals surface area contributed by atoms with Crippen molar-refractivity contribution in [3.8, 4) is 0 Å². The first kappa shape index (κ1) is 9.55. The van der Waals surface area contributed by atoms with E-state index in [0.29, 0.717) is 6.42 Å². The first-order valence-electron chi connectivity index (χ1n) is 4.52. The molecule has 5 heteroatoms. The van der Waals surface area contributed by atoms with Gasteiger partial charge in [0.2, 0.25) is 5.91 Å². The topological polar surface area (TPSA) is 20.3 Å². The van der Waals surface area contributed by atoms with E-state index >= 15 is 0 Å². The molecule has 78 valence electrons. The number of halogens is 3. The van der Waals surface area contributed by atoms with Crippen molar-refractivity contribution < 1.29 is 18.0 Å². The molecule has 1 fully saturated rings. The molecule has 1 unspecified atom stereocenters. The van der Waals surface area contributed by atoms with Gasteiger partial charge in [-0.1, -0.05) is 12.2 Å². The molecule has 0 aliphatic carbocycles. The van der Waals surface area contributed by atoms with E-state index in [0.717, 1.165) is 11.0 Å². The number of carbonyl (C=O) groups is 1. The van der Waals surface area contributed by atoms with Gasteiger partial charge < -0.3 is 4.90 Å². The zero-order valence-electron chi connectivity index (χ0n) is 7.47. The van der Waals surface area contributed by atoms with Gasteiger partial charge in [0, 0.05) is 13.0 Å². The van der Waals surface area contributed by atoms with Gasteiger partial charge in [-0.2, -0.15) is 13.2 Å². The lowest BCUT2D eigenvalue weighted by Crippen LogP contribution is -2.59. The van der Waals surface area contributed by atoms with Crippen LogP contribution >= 0.6 is 0 Å². The Bertz CT molecular complexity index is 297. The van der Waals surface area contributed by atoms with Crippen molar-refractivity contribution in [3.05, 3.63) is 12.2 Å². The fraction of sp³-hybridized carbons (Fsp3) is 0.667. The van der Waals surface area contributed by atoms with Gasteiger partial charge in [-0.3, -0.25) is 4.79 Å². The number of piperidine rings is 1. The summed E-state index contributed by atoms with van der Waals surface area (Å²) in [5.74, 6) is -0.390. The smallest absolute Gasteiger partial charge is 0.321 e. The van der Waals surface area contributed by atoms with E-state index < -0.39 is 17.6 Å². The molecule has 1 amide bonds. The van der Waals surface area contributed by atoms with Crippen molar-refractivity contribution in [3.63, 3.8) is 0 Å². The van der Waals surface area contributed by atoms with Crippen molar-refractivity contribution in [2.24, 2.45) is 0 Å². The molecule has 0 N–H and O–H groups in total. The summed E-state index contributed by atoms with van der Waals surface area (Å²) < 4.78 is 38.4. The quantitative estimate of drug-likeness (QED) is 0.553. The molecule has 0 aromatic heterocycles. The maximum Gasteiger partial charge on any atom is 0.415 e. The lowest BCUT2D eigenvalue weighted by molar-refractivity contribution is -0.219. The van der Waals surface area contributed by atoms with Crippen LogP contribution in [0.5, 0.6) is 0 Å². The maximum atomic E-state index is 12.8. The Morgan fingerprint density at radius 3 is 2.71 bits per heavy atom. The molecule has 0 spiro atoms. The summed E-state index contributed by atoms with van der Waals surface area (Å²) in [7, 11) is 0. The molecule has 1 saturated heterocycles. The monoisotopic (exact) mass is 205 g/mol. The predicted molar refractivity (Wildman–Crippen MR) is 43.5 cm³/mol. The van der Waals surface area contributed by atoms with Gasteiger partial charge in [-0.15, -0.1) is 0 Å². The van der Waals surface area contributed by atoms with Gasteiger partial charge in [0.1, 0.15) is 0 Å². The van der Waals surface area contributed by atoms with E-state index in [2.05, 4.69) is 0 Å². The number of hydrogen-bond donors (Lipinski definition) is 0. The van der Waals surface area contributed by atoms with E-state index in [1.165, 1.54) is 6.08 Å². The summed E-state index contributed by atoms with van der Waals surface area (Å²) in [6, 6.07) is 0. The van der Waals surface area contributed by atoms with Crippen LogP contribution in [-0.4, -0.2) is 29.1 Å². The Balaban J connectivity index is 2.39. The molecule has 2 nitrogen and oxygen atoms in total. The number of amides is 1. The highest BCUT2D eigenvalue weighted by atomic mass is 19.4. The molecule has 2 rings (SSSR count). The second-order valence-electron chi connectivity index (χ2n) is 3.68. The van der Waals surface area contributed by atoms with Crippen molar-refractivity contribution in [2.75, 3.05) is 6.54 Å². The van der Waals surface area contributed by atoms with Gasteiger partial charge in [0.25, 0.3) is 0 Å². The minimum Gasteiger partial charge on any atom is -0.321 e. The molecular formula is C9H10F3NO. The van der Waals surface area contributed by atoms with E-state index in [1.54, 1.807) is 0 Å². The SMILES string of the molecule is O=C1CCCC2(C(F)(F)F)C=CCN12. The number of carbonyl (C=O) groups excluding carboxylic acids is 1. The van der Waals surface area contributed by atoms with Crippen LogP contribution in [0, 0.1) is 0 Å². The van der Waals surface area contributed by atoms with Crippen molar-refractivity contribution in [1.29, 1.82) is 0 Å². The van der Waals surface area contributed by atoms with Crippen LogP contribution < -0.4 is 0 Å². The third kappa shape index (κ3) is 1.07. The van der Waals surface area contributed by atoms with E-state index in [9.17, 15) is 18.0 Å². The van der Waals surface area contributed by atoms with Gasteiger partial charge in [0.15, 0.2) is 5.54 Å². The summed E-state index contributed by atoms with van der Waals surface area (Å²) in [5, 5.41) is 0. The van der Waals surface area contributed by atoms with Crippen LogP contribution in [0.1, 0.15) is 19.3 Å². The van der Waals surface area contributed by atoms with Crippen molar-refractivity contribution >= 4 is 5.91 Å². The normalized spacial score (nSPS) is 32.2. The Morgan fingerprint density at radius 1 is 1.43 bits per heavy atom. The van der Waals surface area contributed by atoms with Gasteiger partial charge in [0.05, 0.1) is 0 Å². The molecule has 0 bridgehead atoms. The first-order valence-corrected chi connectivity index (χ1v) is 4.52. The lowest BCUT2D eigenvalue weighted by atomic mass is 9.87. The highest BCUT2D eigenvalue weighted by Crippen LogP contribution is 2.45. The summed E-state index contributed by atoms with van der Waals surface area (Å²) in [6.07, 6.45) is -1.24. The summed E-state index contributed by atoms with van der Waals surface area (Å²) in [5.41, 5.74) is -2.00. The third-order valence-electron chi connectivity index (χ3n) is 2.90. The number of rotatable bonds is 0. The second kappa shape index (κ2) is 2.74. The first-order chi connectivity index (χ1) is 6.47. The van der Waals surface area contributed by atoms with Crippen LogP contribution in [0.3, 0.4) is 0 Å². The van der Waals surface area contributed by atoms with Crippen LogP contribution in [0.2, 0.25) is 0 Å². The van der Waals surface area contributed by atoms with Gasteiger partial charge in [-0.05, 0) is 12.8 Å². The molecule has 0 aromatic rings. The maximum absolute atomic E-state index is 12.8. The molecule has 2 heterocycles. The summed E-state index contributed by atoms with van der Waals surface area (Å²) in [6.45, 7) is 0.0956. The molecule has 2 aliphatic rings. The largest absolute Gasteiger partial charge is 0.415 e. The summed E-state index contributed by atoms with van der Waals surface area (Å²) in [4.78, 5) is 12.3. The average Bonchev–Trinajstić information content (AvgIpc) is 2.49.